The Labute approximate surface area is 285 Å². The highest BCUT2D eigenvalue weighted by atomic mass is 16.7. The van der Waals surface area contributed by atoms with Gasteiger partial charge in [0.1, 0.15) is 41.9 Å². The molecular formula is C35H61NO12. The van der Waals surface area contributed by atoms with Crippen LogP contribution in [-0.4, -0.2) is 137 Å². The molecule has 0 aromatic rings. The van der Waals surface area contributed by atoms with Gasteiger partial charge < -0.3 is 58.5 Å². The van der Waals surface area contributed by atoms with Crippen LogP contribution in [0.5, 0.6) is 0 Å². The Morgan fingerprint density at radius 3 is 2.19 bits per heavy atom. The number of ether oxygens (including phenoxy) is 7. The molecule has 0 spiro atoms. The number of fused-ring (bicyclic) bond motifs is 2. The molecule has 48 heavy (non-hydrogen) atoms. The van der Waals surface area contributed by atoms with Crippen LogP contribution >= 0.6 is 0 Å². The molecule has 0 aromatic heterocycles. The third-order valence-electron chi connectivity index (χ3n) is 11.2. The van der Waals surface area contributed by atoms with Crippen LogP contribution in [0.3, 0.4) is 0 Å². The van der Waals surface area contributed by atoms with E-state index in [9.17, 15) is 25.2 Å². The van der Waals surface area contributed by atoms with Crippen molar-refractivity contribution >= 4 is 5.97 Å². The van der Waals surface area contributed by atoms with Crippen molar-refractivity contribution in [2.24, 2.45) is 17.8 Å². The van der Waals surface area contributed by atoms with E-state index in [1.807, 2.05) is 46.7 Å². The molecule has 4 aliphatic rings. The lowest BCUT2D eigenvalue weighted by Gasteiger charge is -2.48. The van der Waals surface area contributed by atoms with Gasteiger partial charge in [0.25, 0.3) is 0 Å². The first-order chi connectivity index (χ1) is 22.2. The van der Waals surface area contributed by atoms with Gasteiger partial charge in [-0.25, -0.2) is 0 Å². The fourth-order valence-electron chi connectivity index (χ4n) is 8.14. The number of esters is 1. The number of aliphatic hydroxyl groups excluding tert-OH is 3. The van der Waals surface area contributed by atoms with Crippen molar-refractivity contribution in [1.29, 1.82) is 0 Å². The van der Waals surface area contributed by atoms with E-state index in [0.717, 1.165) is 5.57 Å². The molecule has 0 radical (unpaired) electrons. The average molecular weight is 688 g/mol. The second kappa shape index (κ2) is 14.7. The Kier molecular flexibility index (Phi) is 12.1. The third kappa shape index (κ3) is 7.75. The van der Waals surface area contributed by atoms with Crippen LogP contribution in [0.2, 0.25) is 0 Å². The number of carbonyl (C=O) groups is 1. The topological polar surface area (TPSA) is 166 Å². The predicted octanol–water partition coefficient (Wildman–Crippen LogP) is 2.11. The summed E-state index contributed by atoms with van der Waals surface area (Å²) in [5.74, 6) is -2.30. The number of nitrogens with zero attached hydrogens (tertiary/aromatic N) is 1. The molecule has 3 fully saturated rings. The molecule has 4 N–H and O–H groups in total. The Balaban J connectivity index is 1.80. The smallest absolute Gasteiger partial charge is 0.311 e. The predicted molar refractivity (Wildman–Crippen MR) is 174 cm³/mol. The Morgan fingerprint density at radius 2 is 1.58 bits per heavy atom. The van der Waals surface area contributed by atoms with Crippen LogP contribution in [0.4, 0.5) is 0 Å². The first kappa shape index (κ1) is 39.4. The van der Waals surface area contributed by atoms with Crippen LogP contribution in [0.25, 0.3) is 0 Å². The summed E-state index contributed by atoms with van der Waals surface area (Å²) in [6.45, 7) is 15.6. The Bertz CT molecular complexity index is 1160. The number of carbonyl (C=O) groups excluding carboxylic acids is 1. The van der Waals surface area contributed by atoms with E-state index >= 15 is 0 Å². The molecular weight excluding hydrogens is 626 g/mol. The molecule has 13 heteroatoms. The summed E-state index contributed by atoms with van der Waals surface area (Å²) in [5.41, 5.74) is -2.95. The number of hydrogen-bond acceptors (Lipinski definition) is 13. The van der Waals surface area contributed by atoms with E-state index in [4.69, 9.17) is 33.2 Å². The van der Waals surface area contributed by atoms with Gasteiger partial charge in [0.2, 0.25) is 0 Å². The molecule has 0 aromatic carbocycles. The van der Waals surface area contributed by atoms with E-state index in [1.165, 1.54) is 14.0 Å². The van der Waals surface area contributed by atoms with Crippen LogP contribution < -0.4 is 0 Å². The molecule has 2 bridgehead atoms. The molecule has 4 heterocycles. The van der Waals surface area contributed by atoms with Crippen LogP contribution in [0.1, 0.15) is 81.6 Å². The average Bonchev–Trinajstić information content (AvgIpc) is 3.33. The molecule has 278 valence electrons. The third-order valence-corrected chi connectivity index (χ3v) is 11.2. The van der Waals surface area contributed by atoms with Crippen molar-refractivity contribution in [3.8, 4) is 0 Å². The molecule has 3 saturated heterocycles. The van der Waals surface area contributed by atoms with Gasteiger partial charge in [-0.2, -0.15) is 0 Å². The fraction of sp³-hybridized carbons (Fsp3) is 0.914. The van der Waals surface area contributed by atoms with Crippen molar-refractivity contribution < 1.29 is 58.4 Å². The maximum absolute atomic E-state index is 13.7. The lowest BCUT2D eigenvalue weighted by Crippen LogP contribution is -2.60. The second-order valence-corrected chi connectivity index (χ2v) is 15.7. The number of aliphatic hydroxyl groups is 4. The van der Waals surface area contributed by atoms with Gasteiger partial charge in [0, 0.05) is 37.8 Å². The first-order valence-corrected chi connectivity index (χ1v) is 17.3. The quantitative estimate of drug-likeness (QED) is 0.301. The van der Waals surface area contributed by atoms with Gasteiger partial charge in [0.05, 0.1) is 35.9 Å². The maximum atomic E-state index is 13.7. The van der Waals surface area contributed by atoms with Crippen LogP contribution in [0.15, 0.2) is 11.3 Å². The lowest BCUT2D eigenvalue weighted by atomic mass is 9.79. The van der Waals surface area contributed by atoms with E-state index in [-0.39, 0.29) is 18.6 Å². The minimum atomic E-state index is -1.79. The van der Waals surface area contributed by atoms with Crippen molar-refractivity contribution in [2.45, 2.75) is 160 Å². The first-order valence-electron chi connectivity index (χ1n) is 17.3. The van der Waals surface area contributed by atoms with E-state index < -0.39 is 96.3 Å². The minimum Gasteiger partial charge on any atom is -0.489 e. The zero-order valence-electron chi connectivity index (χ0n) is 30.8. The molecule has 0 saturated carbocycles. The van der Waals surface area contributed by atoms with Crippen molar-refractivity contribution in [3.63, 3.8) is 0 Å². The highest BCUT2D eigenvalue weighted by Crippen LogP contribution is 2.47. The van der Waals surface area contributed by atoms with Crippen molar-refractivity contribution in [3.05, 3.63) is 11.3 Å². The maximum Gasteiger partial charge on any atom is 0.311 e. The van der Waals surface area contributed by atoms with Crippen molar-refractivity contribution in [1.82, 2.24) is 4.90 Å². The largest absolute Gasteiger partial charge is 0.489 e. The lowest BCUT2D eigenvalue weighted by molar-refractivity contribution is -0.316. The molecule has 0 aliphatic carbocycles. The summed E-state index contributed by atoms with van der Waals surface area (Å²) in [5, 5.41) is 45.0. The molecule has 1 unspecified atom stereocenters. The Morgan fingerprint density at radius 1 is 0.938 bits per heavy atom. The summed E-state index contributed by atoms with van der Waals surface area (Å²) in [4.78, 5) is 15.7. The van der Waals surface area contributed by atoms with Crippen LogP contribution in [0, 0.1) is 17.8 Å². The van der Waals surface area contributed by atoms with Gasteiger partial charge in [-0.15, -0.1) is 0 Å². The van der Waals surface area contributed by atoms with Crippen molar-refractivity contribution in [2.75, 3.05) is 27.8 Å². The highest BCUT2D eigenvalue weighted by molar-refractivity contribution is 5.72. The fourth-order valence-corrected chi connectivity index (χ4v) is 8.14. The molecule has 4 rings (SSSR count). The van der Waals surface area contributed by atoms with Gasteiger partial charge in [-0.1, -0.05) is 13.8 Å². The molecule has 4 aliphatic heterocycles. The normalized spacial score (nSPS) is 49.5. The van der Waals surface area contributed by atoms with Gasteiger partial charge >= 0.3 is 5.97 Å². The summed E-state index contributed by atoms with van der Waals surface area (Å²) in [6, 6.07) is -0.231. The second-order valence-electron chi connectivity index (χ2n) is 15.7. The van der Waals surface area contributed by atoms with E-state index in [0.29, 0.717) is 18.6 Å². The summed E-state index contributed by atoms with van der Waals surface area (Å²) in [6.07, 6.45) is -6.52. The summed E-state index contributed by atoms with van der Waals surface area (Å²) in [7, 11) is 5.33. The van der Waals surface area contributed by atoms with E-state index in [2.05, 4.69) is 0 Å². The zero-order valence-corrected chi connectivity index (χ0v) is 30.8. The number of methoxy groups -OCH3 is 1. The molecule has 0 amide bonds. The number of likely N-dealkylation sites (N-methyl/N-ethyl adjacent to an activating group) is 1. The standard InChI is InChI=1S/C35H61NO12/c1-17-14-35(9)30(47-32-25(37)23(36(10)11)13-18(2)44-32)20(4)27(46-24-15-34(8,42-12)29(39)22(6)45-24)21(5)31(40)43-16-33(7,41)28(38)19(3)26(17)48-35/h18-25,27-30,32,37-39,41H,13-16H2,1-12H3/t18-,19+,20+,21-,22+,23?,24+,25-,27+,28-,29+,30-,32+,33-,34-,35-/m1/s1. The Hall–Kier alpha value is -1.39. The van der Waals surface area contributed by atoms with Gasteiger partial charge in [0.15, 0.2) is 12.6 Å². The van der Waals surface area contributed by atoms with Gasteiger partial charge in [-0.3, -0.25) is 4.79 Å². The van der Waals surface area contributed by atoms with Gasteiger partial charge in [-0.05, 0) is 74.6 Å². The summed E-state index contributed by atoms with van der Waals surface area (Å²) >= 11 is 0. The number of cyclic esters (lactones) is 1. The molecule has 16 atom stereocenters. The zero-order chi connectivity index (χ0) is 36.1. The SMILES string of the molecule is CO[C@]1(C)C[C@H](O[C@H]2[C@H](C)[C@@H](O[C@@H]3O[C@H](C)CC(N(C)C)[C@H]3O)[C@@]3(C)CC(C)=C(O3)[C@H](C)[C@@H](O)[C@](C)(O)COC(=O)[C@@H]2C)O[C@@H](C)[C@@H]1O. The minimum absolute atomic E-state index is 0.176. The molecule has 13 nitrogen and oxygen atoms in total. The monoisotopic (exact) mass is 687 g/mol. The van der Waals surface area contributed by atoms with E-state index in [1.54, 1.807) is 27.7 Å². The number of rotatable bonds is 6. The summed E-state index contributed by atoms with van der Waals surface area (Å²) < 4.78 is 44.0. The highest BCUT2D eigenvalue weighted by Gasteiger charge is 2.55. The number of hydrogen-bond donors (Lipinski definition) is 4. The van der Waals surface area contributed by atoms with Crippen LogP contribution in [-0.2, 0) is 38.0 Å².